The quantitative estimate of drug-likeness (QED) is 0.626. The number of halogens is 3. The molecule has 1 amide bonds. The normalized spacial score (nSPS) is 11.4. The number of aryl methyl sites for hydroxylation is 2. The summed E-state index contributed by atoms with van der Waals surface area (Å²) in [7, 11) is 1.65. The van der Waals surface area contributed by atoms with Gasteiger partial charge in [0.2, 0.25) is 0 Å². The van der Waals surface area contributed by atoms with Gasteiger partial charge in [0.25, 0.3) is 5.91 Å². The molecule has 0 unspecified atom stereocenters. The number of nitrogens with one attached hydrogen (secondary N) is 1. The molecule has 0 fully saturated rings. The molecule has 152 valence electrons. The summed E-state index contributed by atoms with van der Waals surface area (Å²) < 4.78 is 44.0. The third-order valence-corrected chi connectivity index (χ3v) is 4.55. The summed E-state index contributed by atoms with van der Waals surface area (Å²) in [6, 6.07) is 11.5. The summed E-state index contributed by atoms with van der Waals surface area (Å²) in [4.78, 5) is 14.5. The minimum Gasteiger partial charge on any atom is -0.361 e. The van der Waals surface area contributed by atoms with Crippen LogP contribution in [0, 0.1) is 13.8 Å². The summed E-state index contributed by atoms with van der Waals surface area (Å²) in [5.41, 5.74) is 1.78. The van der Waals surface area contributed by atoms with Crippen LogP contribution >= 0.6 is 0 Å². The van der Waals surface area contributed by atoms with Gasteiger partial charge in [-0.1, -0.05) is 23.4 Å². The van der Waals surface area contributed by atoms with Gasteiger partial charge in [-0.3, -0.25) is 4.79 Å². The van der Waals surface area contributed by atoms with Gasteiger partial charge in [0.15, 0.2) is 0 Å². The van der Waals surface area contributed by atoms with Gasteiger partial charge in [-0.05, 0) is 44.2 Å². The Morgan fingerprint density at radius 1 is 1.14 bits per heavy atom. The Balaban J connectivity index is 1.84. The Bertz CT molecular complexity index is 1010. The molecule has 0 aliphatic carbocycles. The standard InChI is InChI=1S/C21H20F3N3O2/c1-13-18(14(2)29-26-13)12-27(3)20(28)17-9-4-5-10-19(17)25-16-8-6-7-15(11-16)21(22,23)24/h4-11,25H,12H2,1-3H3. The van der Waals surface area contributed by atoms with Gasteiger partial charge in [0.05, 0.1) is 29.1 Å². The molecule has 1 N–H and O–H groups in total. The number of amides is 1. The van der Waals surface area contributed by atoms with Gasteiger partial charge in [0.1, 0.15) is 5.76 Å². The highest BCUT2D eigenvalue weighted by Crippen LogP contribution is 2.32. The molecule has 0 spiro atoms. The molecule has 0 radical (unpaired) electrons. The average molecular weight is 403 g/mol. The molecule has 3 rings (SSSR count). The van der Waals surface area contributed by atoms with Crippen LogP contribution in [-0.4, -0.2) is 23.0 Å². The van der Waals surface area contributed by atoms with Crippen LogP contribution in [-0.2, 0) is 12.7 Å². The SMILES string of the molecule is Cc1noc(C)c1CN(C)C(=O)c1ccccc1Nc1cccc(C(F)(F)F)c1. The lowest BCUT2D eigenvalue weighted by Gasteiger charge is -2.20. The second kappa shape index (κ2) is 7.98. The van der Waals surface area contributed by atoms with Crippen LogP contribution in [0.5, 0.6) is 0 Å². The number of anilines is 2. The van der Waals surface area contributed by atoms with E-state index in [2.05, 4.69) is 10.5 Å². The van der Waals surface area contributed by atoms with Crippen molar-refractivity contribution in [1.82, 2.24) is 10.1 Å². The van der Waals surface area contributed by atoms with E-state index in [0.717, 1.165) is 17.7 Å². The van der Waals surface area contributed by atoms with E-state index >= 15 is 0 Å². The van der Waals surface area contributed by atoms with Crippen LogP contribution in [0.3, 0.4) is 0 Å². The predicted octanol–water partition coefficient (Wildman–Crippen LogP) is 5.33. The zero-order chi connectivity index (χ0) is 21.2. The van der Waals surface area contributed by atoms with Gasteiger partial charge in [-0.15, -0.1) is 0 Å². The van der Waals surface area contributed by atoms with Crippen molar-refractivity contribution in [3.63, 3.8) is 0 Å². The number of hydrogen-bond donors (Lipinski definition) is 1. The minimum atomic E-state index is -4.44. The minimum absolute atomic E-state index is 0.244. The number of rotatable bonds is 5. The van der Waals surface area contributed by atoms with E-state index in [9.17, 15) is 18.0 Å². The van der Waals surface area contributed by atoms with Gasteiger partial charge < -0.3 is 14.7 Å². The lowest BCUT2D eigenvalue weighted by atomic mass is 10.1. The first-order valence-electron chi connectivity index (χ1n) is 8.87. The maximum absolute atomic E-state index is 13.0. The lowest BCUT2D eigenvalue weighted by Crippen LogP contribution is -2.27. The van der Waals surface area contributed by atoms with Crippen LogP contribution in [0.25, 0.3) is 0 Å². The maximum Gasteiger partial charge on any atom is 0.416 e. The Labute approximate surface area is 166 Å². The zero-order valence-corrected chi connectivity index (χ0v) is 16.2. The van der Waals surface area contributed by atoms with Crippen LogP contribution in [0.1, 0.15) is 32.9 Å². The second-order valence-corrected chi connectivity index (χ2v) is 6.71. The van der Waals surface area contributed by atoms with Crippen LogP contribution in [0.2, 0.25) is 0 Å². The fraction of sp³-hybridized carbons (Fsp3) is 0.238. The molecule has 0 saturated heterocycles. The van der Waals surface area contributed by atoms with E-state index in [1.54, 1.807) is 45.2 Å². The Hall–Kier alpha value is -3.29. The maximum atomic E-state index is 13.0. The summed E-state index contributed by atoms with van der Waals surface area (Å²) in [6.45, 7) is 3.88. The molecular formula is C21H20F3N3O2. The summed E-state index contributed by atoms with van der Waals surface area (Å²) >= 11 is 0. The number of nitrogens with zero attached hydrogens (tertiary/aromatic N) is 2. The Morgan fingerprint density at radius 3 is 2.52 bits per heavy atom. The van der Waals surface area contributed by atoms with E-state index < -0.39 is 11.7 Å². The van der Waals surface area contributed by atoms with Crippen LogP contribution in [0.15, 0.2) is 53.1 Å². The van der Waals surface area contributed by atoms with Crippen LogP contribution < -0.4 is 5.32 Å². The zero-order valence-electron chi connectivity index (χ0n) is 16.2. The van der Waals surface area contributed by atoms with Crippen molar-refractivity contribution in [3.8, 4) is 0 Å². The first-order valence-corrected chi connectivity index (χ1v) is 8.87. The third kappa shape index (κ3) is 4.59. The van der Waals surface area contributed by atoms with E-state index in [0.29, 0.717) is 29.2 Å². The largest absolute Gasteiger partial charge is 0.416 e. The van der Waals surface area contributed by atoms with Crippen molar-refractivity contribution in [2.75, 3.05) is 12.4 Å². The van der Waals surface area contributed by atoms with Crippen LogP contribution in [0.4, 0.5) is 24.5 Å². The van der Waals surface area contributed by atoms with Crippen molar-refractivity contribution < 1.29 is 22.5 Å². The topological polar surface area (TPSA) is 58.4 Å². The van der Waals surface area contributed by atoms with Gasteiger partial charge in [0, 0.05) is 18.3 Å². The van der Waals surface area contributed by atoms with E-state index in [1.165, 1.54) is 17.0 Å². The van der Waals surface area contributed by atoms with Crippen molar-refractivity contribution in [1.29, 1.82) is 0 Å². The second-order valence-electron chi connectivity index (χ2n) is 6.71. The smallest absolute Gasteiger partial charge is 0.361 e. The highest BCUT2D eigenvalue weighted by molar-refractivity contribution is 6.00. The number of hydrogen-bond acceptors (Lipinski definition) is 4. The number of carbonyl (C=O) groups excluding carboxylic acids is 1. The molecule has 0 atom stereocenters. The molecule has 0 bridgehead atoms. The molecule has 0 aliphatic rings. The molecule has 8 heteroatoms. The number of alkyl halides is 3. The number of para-hydroxylation sites is 1. The Morgan fingerprint density at radius 2 is 1.86 bits per heavy atom. The van der Waals surface area contributed by atoms with Crippen molar-refractivity contribution in [3.05, 3.63) is 76.7 Å². The fourth-order valence-corrected chi connectivity index (χ4v) is 2.95. The van der Waals surface area contributed by atoms with Gasteiger partial charge in [-0.25, -0.2) is 0 Å². The Kier molecular flexibility index (Phi) is 5.63. The van der Waals surface area contributed by atoms with Gasteiger partial charge >= 0.3 is 6.18 Å². The molecule has 3 aromatic rings. The molecule has 1 heterocycles. The molecule has 2 aromatic carbocycles. The molecule has 0 aliphatic heterocycles. The van der Waals surface area contributed by atoms with Crippen molar-refractivity contribution >= 4 is 17.3 Å². The number of aromatic nitrogens is 1. The summed E-state index contributed by atoms with van der Waals surface area (Å²) in [5.74, 6) is 0.359. The third-order valence-electron chi connectivity index (χ3n) is 4.55. The first kappa shape index (κ1) is 20.4. The van der Waals surface area contributed by atoms with Crippen molar-refractivity contribution in [2.45, 2.75) is 26.6 Å². The fourth-order valence-electron chi connectivity index (χ4n) is 2.95. The number of carbonyl (C=O) groups is 1. The van der Waals surface area contributed by atoms with E-state index in [4.69, 9.17) is 4.52 Å². The molecule has 5 nitrogen and oxygen atoms in total. The van der Waals surface area contributed by atoms with E-state index in [-0.39, 0.29) is 11.6 Å². The summed E-state index contributed by atoms with van der Waals surface area (Å²) in [5, 5.41) is 6.81. The number of benzene rings is 2. The molecule has 0 saturated carbocycles. The monoisotopic (exact) mass is 403 g/mol. The van der Waals surface area contributed by atoms with Crippen molar-refractivity contribution in [2.24, 2.45) is 0 Å². The van der Waals surface area contributed by atoms with E-state index in [1.807, 2.05) is 0 Å². The molecule has 29 heavy (non-hydrogen) atoms. The molecular weight excluding hydrogens is 383 g/mol. The first-order chi connectivity index (χ1) is 13.7. The predicted molar refractivity (Wildman–Crippen MR) is 103 cm³/mol. The lowest BCUT2D eigenvalue weighted by molar-refractivity contribution is -0.137. The summed E-state index contributed by atoms with van der Waals surface area (Å²) in [6.07, 6.45) is -4.44. The van der Waals surface area contributed by atoms with Gasteiger partial charge in [-0.2, -0.15) is 13.2 Å². The molecule has 1 aromatic heterocycles. The average Bonchev–Trinajstić information content (AvgIpc) is 2.99. The highest BCUT2D eigenvalue weighted by atomic mass is 19.4. The highest BCUT2D eigenvalue weighted by Gasteiger charge is 2.30.